The van der Waals surface area contributed by atoms with E-state index in [0.29, 0.717) is 0 Å². The molecule has 1 aliphatic heterocycles. The molecular weight excluding hydrogens is 200 g/mol. The molecule has 0 atom stereocenters. The van der Waals surface area contributed by atoms with Crippen LogP contribution in [0.5, 0.6) is 0 Å². The molecule has 0 radical (unpaired) electrons. The minimum atomic E-state index is -1.23. The Labute approximate surface area is 96.7 Å². The molecule has 0 bridgehead atoms. The van der Waals surface area contributed by atoms with Gasteiger partial charge < -0.3 is 4.43 Å². The monoisotopic (exact) mass is 228 g/mol. The summed E-state index contributed by atoms with van der Waals surface area (Å²) in [5.41, 5.74) is 0. The van der Waals surface area contributed by atoms with E-state index in [-0.39, 0.29) is 0 Å². The van der Waals surface area contributed by atoms with Gasteiger partial charge in [-0.15, -0.1) is 0 Å². The molecule has 0 aliphatic carbocycles. The molecule has 2 heteroatoms. The van der Waals surface area contributed by atoms with Crippen LogP contribution in [0, 0.1) is 5.92 Å². The third-order valence-electron chi connectivity index (χ3n) is 3.74. The van der Waals surface area contributed by atoms with Gasteiger partial charge in [0.25, 0.3) is 0 Å². The predicted molar refractivity (Wildman–Crippen MR) is 69.7 cm³/mol. The van der Waals surface area contributed by atoms with Gasteiger partial charge in [-0.3, -0.25) is 0 Å². The van der Waals surface area contributed by atoms with E-state index in [0.717, 1.165) is 12.5 Å². The molecule has 0 aromatic heterocycles. The maximum atomic E-state index is 6.31. The predicted octanol–water partition coefficient (Wildman–Crippen LogP) is 4.59. The molecule has 0 spiro atoms. The van der Waals surface area contributed by atoms with Crippen LogP contribution >= 0.6 is 0 Å². The van der Waals surface area contributed by atoms with Crippen molar-refractivity contribution in [3.63, 3.8) is 0 Å². The quantitative estimate of drug-likeness (QED) is 0.477. The fourth-order valence-electron chi connectivity index (χ4n) is 2.58. The molecule has 1 fully saturated rings. The van der Waals surface area contributed by atoms with Crippen molar-refractivity contribution < 1.29 is 4.43 Å². The Kier molecular flexibility index (Phi) is 5.91. The zero-order valence-corrected chi connectivity index (χ0v) is 11.8. The van der Waals surface area contributed by atoms with Gasteiger partial charge in [-0.1, -0.05) is 40.0 Å². The van der Waals surface area contributed by atoms with E-state index in [1.165, 1.54) is 50.2 Å². The van der Waals surface area contributed by atoms with E-state index < -0.39 is 8.32 Å². The fourth-order valence-corrected chi connectivity index (χ4v) is 6.39. The molecule has 90 valence electrons. The highest BCUT2D eigenvalue weighted by atomic mass is 28.4. The molecular formula is C13H28OSi. The topological polar surface area (TPSA) is 9.23 Å². The zero-order chi connectivity index (χ0) is 11.1. The van der Waals surface area contributed by atoms with Crippen LogP contribution in [-0.4, -0.2) is 14.9 Å². The third kappa shape index (κ3) is 4.69. The summed E-state index contributed by atoms with van der Waals surface area (Å²) in [6, 6.07) is 4.21. The van der Waals surface area contributed by atoms with E-state index in [2.05, 4.69) is 20.8 Å². The number of hydrogen-bond acceptors (Lipinski definition) is 1. The van der Waals surface area contributed by atoms with Crippen molar-refractivity contribution in [2.24, 2.45) is 5.92 Å². The summed E-state index contributed by atoms with van der Waals surface area (Å²) in [5.74, 6) is 0.833. The molecule has 15 heavy (non-hydrogen) atoms. The highest BCUT2D eigenvalue weighted by molar-refractivity contribution is 6.73. The summed E-state index contributed by atoms with van der Waals surface area (Å²) in [4.78, 5) is 0. The highest BCUT2D eigenvalue weighted by Crippen LogP contribution is 2.32. The van der Waals surface area contributed by atoms with Crippen LogP contribution < -0.4 is 0 Å². The summed E-state index contributed by atoms with van der Waals surface area (Å²) in [6.45, 7) is 7.99. The SMILES string of the molecule is CC[Si]1(OCCCC(C)C)CCCCC1. The molecule has 1 rings (SSSR count). The molecule has 0 aromatic carbocycles. The van der Waals surface area contributed by atoms with Crippen LogP contribution in [0.1, 0.15) is 52.9 Å². The first kappa shape index (κ1) is 13.2. The molecule has 1 heterocycles. The summed E-state index contributed by atoms with van der Waals surface area (Å²) in [5, 5.41) is 0. The second kappa shape index (κ2) is 6.69. The van der Waals surface area contributed by atoms with E-state index in [1.807, 2.05) is 0 Å². The van der Waals surface area contributed by atoms with Gasteiger partial charge in [0.15, 0.2) is 8.32 Å². The molecule has 1 saturated heterocycles. The Morgan fingerprint density at radius 1 is 1.13 bits per heavy atom. The van der Waals surface area contributed by atoms with Gasteiger partial charge in [0.1, 0.15) is 0 Å². The van der Waals surface area contributed by atoms with Gasteiger partial charge in [-0.2, -0.15) is 0 Å². The molecule has 0 N–H and O–H groups in total. The smallest absolute Gasteiger partial charge is 0.192 e. The average Bonchev–Trinajstić information content (AvgIpc) is 2.26. The van der Waals surface area contributed by atoms with Crippen LogP contribution in [0.4, 0.5) is 0 Å². The van der Waals surface area contributed by atoms with Crippen molar-refractivity contribution >= 4 is 8.32 Å². The van der Waals surface area contributed by atoms with Gasteiger partial charge in [0.05, 0.1) is 0 Å². The van der Waals surface area contributed by atoms with E-state index >= 15 is 0 Å². The number of hydrogen-bond donors (Lipinski definition) is 0. The lowest BCUT2D eigenvalue weighted by molar-refractivity contribution is 0.274. The van der Waals surface area contributed by atoms with Crippen LogP contribution in [0.25, 0.3) is 0 Å². The Morgan fingerprint density at radius 2 is 1.80 bits per heavy atom. The van der Waals surface area contributed by atoms with Crippen molar-refractivity contribution in [3.8, 4) is 0 Å². The molecule has 1 aliphatic rings. The Hall–Kier alpha value is 0.177. The molecule has 0 saturated carbocycles. The Balaban J connectivity index is 2.20. The van der Waals surface area contributed by atoms with Gasteiger partial charge in [0.2, 0.25) is 0 Å². The van der Waals surface area contributed by atoms with Crippen molar-refractivity contribution in [1.29, 1.82) is 0 Å². The lowest BCUT2D eigenvalue weighted by Crippen LogP contribution is -2.39. The largest absolute Gasteiger partial charge is 0.417 e. The van der Waals surface area contributed by atoms with Crippen LogP contribution in [0.3, 0.4) is 0 Å². The highest BCUT2D eigenvalue weighted by Gasteiger charge is 2.34. The van der Waals surface area contributed by atoms with Crippen LogP contribution in [0.15, 0.2) is 0 Å². The Bertz CT molecular complexity index is 162. The minimum absolute atomic E-state index is 0.833. The summed E-state index contributed by atoms with van der Waals surface area (Å²) in [6.07, 6.45) is 6.92. The minimum Gasteiger partial charge on any atom is -0.417 e. The van der Waals surface area contributed by atoms with Gasteiger partial charge in [0, 0.05) is 6.61 Å². The molecule has 0 aromatic rings. The normalized spacial score (nSPS) is 20.8. The van der Waals surface area contributed by atoms with Crippen molar-refractivity contribution in [3.05, 3.63) is 0 Å². The van der Waals surface area contributed by atoms with Crippen molar-refractivity contribution in [2.75, 3.05) is 6.61 Å². The fraction of sp³-hybridized carbons (Fsp3) is 1.00. The first-order valence-corrected chi connectivity index (χ1v) is 9.35. The van der Waals surface area contributed by atoms with E-state index in [9.17, 15) is 0 Å². The second-order valence-electron chi connectivity index (χ2n) is 5.48. The van der Waals surface area contributed by atoms with Crippen molar-refractivity contribution in [2.45, 2.75) is 71.0 Å². The van der Waals surface area contributed by atoms with Crippen LogP contribution in [0.2, 0.25) is 18.1 Å². The lowest BCUT2D eigenvalue weighted by atomic mass is 10.1. The second-order valence-corrected chi connectivity index (χ2v) is 9.84. The molecule has 1 nitrogen and oxygen atoms in total. The van der Waals surface area contributed by atoms with E-state index in [1.54, 1.807) is 0 Å². The van der Waals surface area contributed by atoms with Gasteiger partial charge in [-0.25, -0.2) is 0 Å². The molecule has 0 amide bonds. The summed E-state index contributed by atoms with van der Waals surface area (Å²) in [7, 11) is -1.23. The maximum absolute atomic E-state index is 6.31. The average molecular weight is 228 g/mol. The maximum Gasteiger partial charge on any atom is 0.192 e. The first-order valence-electron chi connectivity index (χ1n) is 6.82. The van der Waals surface area contributed by atoms with Crippen molar-refractivity contribution in [1.82, 2.24) is 0 Å². The summed E-state index contributed by atoms with van der Waals surface area (Å²) >= 11 is 0. The zero-order valence-electron chi connectivity index (χ0n) is 10.8. The van der Waals surface area contributed by atoms with Gasteiger partial charge >= 0.3 is 0 Å². The summed E-state index contributed by atoms with van der Waals surface area (Å²) < 4.78 is 6.31. The Morgan fingerprint density at radius 3 is 2.33 bits per heavy atom. The number of rotatable bonds is 6. The van der Waals surface area contributed by atoms with E-state index in [4.69, 9.17) is 4.43 Å². The lowest BCUT2D eigenvalue weighted by Gasteiger charge is -2.34. The standard InChI is InChI=1S/C13H28OSi/c1-4-15(11-6-5-7-12-15)14-10-8-9-13(2)3/h13H,4-12H2,1-3H3. The van der Waals surface area contributed by atoms with Crippen LogP contribution in [-0.2, 0) is 4.43 Å². The molecule has 0 unspecified atom stereocenters. The van der Waals surface area contributed by atoms with Gasteiger partial charge in [-0.05, 0) is 36.9 Å². The first-order chi connectivity index (χ1) is 7.18. The third-order valence-corrected chi connectivity index (χ3v) is 8.38.